The minimum Gasteiger partial charge on any atom is -0.495 e. The maximum atomic E-state index is 13.0. The number of ether oxygens (including phenoxy) is 1. The molecule has 0 spiro atoms. The number of hydrogen-bond acceptors (Lipinski definition) is 6. The van der Waals surface area contributed by atoms with Crippen LogP contribution in [0.4, 0.5) is 11.4 Å². The predicted octanol–water partition coefficient (Wildman–Crippen LogP) is 5.24. The number of sulfonamides is 1. The largest absolute Gasteiger partial charge is 0.495 e. The van der Waals surface area contributed by atoms with Gasteiger partial charge in [-0.1, -0.05) is 35.9 Å². The second kappa shape index (κ2) is 10.1. The van der Waals surface area contributed by atoms with E-state index in [4.69, 9.17) is 16.3 Å². The first-order valence-electron chi connectivity index (χ1n) is 11.6. The highest BCUT2D eigenvalue weighted by Crippen LogP contribution is 2.32. The average Bonchev–Trinajstić information content (AvgIpc) is 2.89. The number of piperazine rings is 1. The van der Waals surface area contributed by atoms with E-state index in [2.05, 4.69) is 15.2 Å². The van der Waals surface area contributed by atoms with Crippen molar-refractivity contribution in [2.75, 3.05) is 45.7 Å². The number of rotatable bonds is 6. The number of pyridine rings is 1. The zero-order chi connectivity index (χ0) is 25.3. The molecule has 3 aromatic carbocycles. The van der Waals surface area contributed by atoms with Crippen molar-refractivity contribution in [1.82, 2.24) is 14.2 Å². The van der Waals surface area contributed by atoms with Crippen LogP contribution in [0.2, 0.25) is 5.02 Å². The maximum Gasteiger partial charge on any atom is 0.243 e. The fraction of sp³-hybridized carbons (Fsp3) is 0.222. The normalized spacial score (nSPS) is 15.2. The average molecular weight is 523 g/mol. The van der Waals surface area contributed by atoms with Crippen LogP contribution in [-0.4, -0.2) is 62.9 Å². The monoisotopic (exact) mass is 522 g/mol. The van der Waals surface area contributed by atoms with E-state index in [0.29, 0.717) is 28.8 Å². The van der Waals surface area contributed by atoms with Gasteiger partial charge in [0.15, 0.2) is 0 Å². The molecule has 0 unspecified atom stereocenters. The lowest BCUT2D eigenvalue weighted by atomic mass is 10.0. The molecule has 0 amide bonds. The van der Waals surface area contributed by atoms with E-state index >= 15 is 0 Å². The molecule has 186 valence electrons. The number of nitrogens with one attached hydrogen (secondary N) is 1. The molecule has 0 atom stereocenters. The Morgan fingerprint density at radius 3 is 2.33 bits per heavy atom. The van der Waals surface area contributed by atoms with Gasteiger partial charge >= 0.3 is 0 Å². The molecule has 0 radical (unpaired) electrons. The van der Waals surface area contributed by atoms with Gasteiger partial charge in [-0.3, -0.25) is 4.98 Å². The molecule has 4 aromatic rings. The van der Waals surface area contributed by atoms with Crippen molar-refractivity contribution in [3.05, 3.63) is 77.9 Å². The highest BCUT2D eigenvalue weighted by Gasteiger charge is 2.27. The van der Waals surface area contributed by atoms with Gasteiger partial charge in [-0.15, -0.1) is 0 Å². The van der Waals surface area contributed by atoms with E-state index in [1.807, 2.05) is 61.6 Å². The Labute approximate surface area is 216 Å². The van der Waals surface area contributed by atoms with Crippen molar-refractivity contribution in [1.29, 1.82) is 0 Å². The molecule has 0 saturated carbocycles. The number of fused-ring (bicyclic) bond motifs is 1. The van der Waals surface area contributed by atoms with E-state index in [-0.39, 0.29) is 0 Å². The summed E-state index contributed by atoms with van der Waals surface area (Å²) >= 11 is 6.27. The second-order valence-electron chi connectivity index (χ2n) is 8.80. The first-order valence-corrected chi connectivity index (χ1v) is 13.5. The molecule has 1 saturated heterocycles. The molecule has 0 bridgehead atoms. The lowest BCUT2D eigenvalue weighted by Gasteiger charge is -2.31. The summed E-state index contributed by atoms with van der Waals surface area (Å²) in [5.41, 5.74) is 4.46. The predicted molar refractivity (Wildman–Crippen MR) is 145 cm³/mol. The van der Waals surface area contributed by atoms with Crippen molar-refractivity contribution in [2.45, 2.75) is 4.90 Å². The van der Waals surface area contributed by atoms with Gasteiger partial charge in [-0.05, 0) is 60.6 Å². The highest BCUT2D eigenvalue weighted by molar-refractivity contribution is 7.89. The Kier molecular flexibility index (Phi) is 6.85. The summed E-state index contributed by atoms with van der Waals surface area (Å²) in [6.45, 7) is 2.50. The van der Waals surface area contributed by atoms with Crippen molar-refractivity contribution >= 4 is 43.9 Å². The first-order chi connectivity index (χ1) is 17.3. The van der Waals surface area contributed by atoms with E-state index in [1.54, 1.807) is 29.7 Å². The second-order valence-corrected chi connectivity index (χ2v) is 11.1. The van der Waals surface area contributed by atoms with Gasteiger partial charge in [0.25, 0.3) is 0 Å². The van der Waals surface area contributed by atoms with Crippen LogP contribution >= 0.6 is 11.6 Å². The van der Waals surface area contributed by atoms with Crippen molar-refractivity contribution < 1.29 is 13.2 Å². The first kappa shape index (κ1) is 24.5. The summed E-state index contributed by atoms with van der Waals surface area (Å²) < 4.78 is 32.9. The molecule has 1 N–H and O–H groups in total. The molecule has 5 rings (SSSR count). The Morgan fingerprint density at radius 2 is 1.64 bits per heavy atom. The standard InChI is InChI=1S/C27H27ClN4O3S/c1-31-13-15-32(16-14-31)36(33,34)22-7-3-19(4-8-22)20-5-9-23-25(11-12-29-26(23)17-20)30-21-6-10-27(35-2)24(28)18-21/h3-12,17-18H,13-16H2,1-2H3,(H,29,30). The molecular weight excluding hydrogens is 496 g/mol. The third kappa shape index (κ3) is 4.90. The number of likely N-dealkylation sites (N-methyl/N-ethyl adjacent to an activating group) is 1. The highest BCUT2D eigenvalue weighted by atomic mass is 35.5. The number of halogens is 1. The lowest BCUT2D eigenvalue weighted by molar-refractivity contribution is 0.222. The van der Waals surface area contributed by atoms with E-state index in [1.165, 1.54) is 0 Å². The van der Waals surface area contributed by atoms with Gasteiger partial charge in [0, 0.05) is 49.1 Å². The number of nitrogens with zero attached hydrogens (tertiary/aromatic N) is 3. The van der Waals surface area contributed by atoms with Gasteiger partial charge in [0.2, 0.25) is 10.0 Å². The molecule has 1 fully saturated rings. The molecule has 2 heterocycles. The third-order valence-corrected chi connectivity index (χ3v) is 8.67. The molecule has 1 aromatic heterocycles. The van der Waals surface area contributed by atoms with Crippen LogP contribution in [0.3, 0.4) is 0 Å². The summed E-state index contributed by atoms with van der Waals surface area (Å²) in [7, 11) is 0.0972. The summed E-state index contributed by atoms with van der Waals surface area (Å²) in [6.07, 6.45) is 1.76. The van der Waals surface area contributed by atoms with Crippen LogP contribution in [0.5, 0.6) is 5.75 Å². The van der Waals surface area contributed by atoms with Gasteiger partial charge in [-0.2, -0.15) is 4.31 Å². The Morgan fingerprint density at radius 1 is 0.917 bits per heavy atom. The molecule has 0 aliphatic carbocycles. The van der Waals surface area contributed by atoms with E-state index in [9.17, 15) is 8.42 Å². The van der Waals surface area contributed by atoms with E-state index in [0.717, 1.165) is 46.5 Å². The van der Waals surface area contributed by atoms with Crippen LogP contribution in [0.25, 0.3) is 22.0 Å². The summed E-state index contributed by atoms with van der Waals surface area (Å²) in [4.78, 5) is 7.00. The number of benzene rings is 3. The molecule has 36 heavy (non-hydrogen) atoms. The summed E-state index contributed by atoms with van der Waals surface area (Å²) in [5.74, 6) is 0.619. The maximum absolute atomic E-state index is 13.0. The smallest absolute Gasteiger partial charge is 0.243 e. The minimum absolute atomic E-state index is 0.319. The van der Waals surface area contributed by atoms with Crippen molar-refractivity contribution in [2.24, 2.45) is 0 Å². The Bertz CT molecular complexity index is 1500. The molecule has 1 aliphatic heterocycles. The third-order valence-electron chi connectivity index (χ3n) is 6.46. The van der Waals surface area contributed by atoms with Crippen LogP contribution in [0.15, 0.2) is 77.8 Å². The zero-order valence-corrected chi connectivity index (χ0v) is 21.7. The summed E-state index contributed by atoms with van der Waals surface area (Å²) in [5, 5.41) is 4.89. The van der Waals surface area contributed by atoms with Crippen LogP contribution in [0.1, 0.15) is 0 Å². The molecular formula is C27H27ClN4O3S. The SMILES string of the molecule is COc1ccc(Nc2ccnc3cc(-c4ccc(S(=O)(=O)N5CCN(C)CC5)cc4)ccc23)cc1Cl. The fourth-order valence-corrected chi connectivity index (χ4v) is 6.01. The topological polar surface area (TPSA) is 74.8 Å². The zero-order valence-electron chi connectivity index (χ0n) is 20.1. The number of aromatic nitrogens is 1. The molecule has 9 heteroatoms. The van der Waals surface area contributed by atoms with Gasteiger partial charge in [-0.25, -0.2) is 8.42 Å². The summed E-state index contributed by atoms with van der Waals surface area (Å²) in [6, 6.07) is 20.6. The van der Waals surface area contributed by atoms with Crippen molar-refractivity contribution in [3.63, 3.8) is 0 Å². The molecule has 1 aliphatic rings. The minimum atomic E-state index is -3.49. The van der Waals surface area contributed by atoms with Crippen LogP contribution in [-0.2, 0) is 10.0 Å². The van der Waals surface area contributed by atoms with Crippen molar-refractivity contribution in [3.8, 4) is 16.9 Å². The Hall–Kier alpha value is -3.17. The number of methoxy groups -OCH3 is 1. The van der Waals surface area contributed by atoms with Gasteiger partial charge in [0.1, 0.15) is 5.75 Å². The Balaban J connectivity index is 1.39. The van der Waals surface area contributed by atoms with Crippen LogP contribution in [0, 0.1) is 0 Å². The number of hydrogen-bond donors (Lipinski definition) is 1. The van der Waals surface area contributed by atoms with Gasteiger partial charge < -0.3 is 15.0 Å². The van der Waals surface area contributed by atoms with Gasteiger partial charge in [0.05, 0.1) is 22.5 Å². The molecule has 7 nitrogen and oxygen atoms in total. The van der Waals surface area contributed by atoms with E-state index < -0.39 is 10.0 Å². The van der Waals surface area contributed by atoms with Crippen LogP contribution < -0.4 is 10.1 Å². The quantitative estimate of drug-likeness (QED) is 0.373. The fourth-order valence-electron chi connectivity index (χ4n) is 4.33. The lowest BCUT2D eigenvalue weighted by Crippen LogP contribution is -2.46. The number of anilines is 2.